The summed E-state index contributed by atoms with van der Waals surface area (Å²) in [6.07, 6.45) is -0.667. The first-order valence-corrected chi connectivity index (χ1v) is 7.76. The van der Waals surface area contributed by atoms with Crippen LogP contribution in [0.2, 0.25) is 0 Å². The molecule has 1 aliphatic rings. The minimum atomic E-state index is -0.667. The summed E-state index contributed by atoms with van der Waals surface area (Å²) in [6, 6.07) is 8.31. The molecule has 122 valence electrons. The van der Waals surface area contributed by atoms with E-state index in [1.54, 1.807) is 0 Å². The van der Waals surface area contributed by atoms with Gasteiger partial charge in [0.2, 0.25) is 0 Å². The van der Waals surface area contributed by atoms with Crippen LogP contribution in [0.15, 0.2) is 24.3 Å². The van der Waals surface area contributed by atoms with Gasteiger partial charge < -0.3 is 15.0 Å². The number of imidazole rings is 1. The van der Waals surface area contributed by atoms with Gasteiger partial charge in [0, 0.05) is 5.39 Å². The summed E-state index contributed by atoms with van der Waals surface area (Å²) in [6.45, 7) is 6.37. The van der Waals surface area contributed by atoms with Gasteiger partial charge >= 0.3 is 0 Å². The van der Waals surface area contributed by atoms with E-state index in [0.29, 0.717) is 19.0 Å². The second kappa shape index (κ2) is 6.12. The highest BCUT2D eigenvalue weighted by atomic mass is 19.1. The van der Waals surface area contributed by atoms with E-state index in [1.807, 2.05) is 18.2 Å². The topological polar surface area (TPSA) is 66.0 Å². The van der Waals surface area contributed by atoms with Crippen molar-refractivity contribution in [3.63, 3.8) is 0 Å². The van der Waals surface area contributed by atoms with Gasteiger partial charge in [-0.25, -0.2) is 14.4 Å². The van der Waals surface area contributed by atoms with E-state index in [1.165, 1.54) is 13.8 Å². The summed E-state index contributed by atoms with van der Waals surface area (Å²) in [7, 11) is 0. The van der Waals surface area contributed by atoms with Crippen LogP contribution in [0.5, 0.6) is 0 Å². The number of hydrogen-bond acceptors (Lipinski definition) is 4. The molecule has 1 aliphatic heterocycles. The summed E-state index contributed by atoms with van der Waals surface area (Å²) in [5, 5.41) is 1.10. The molecule has 6 heteroatoms. The number of alkyl halides is 1. The van der Waals surface area contributed by atoms with Crippen LogP contribution < -0.4 is 5.73 Å². The van der Waals surface area contributed by atoms with Crippen molar-refractivity contribution in [2.45, 2.75) is 39.6 Å². The van der Waals surface area contributed by atoms with Crippen LogP contribution in [0, 0.1) is 0 Å². The van der Waals surface area contributed by atoms with Crippen LogP contribution in [0.3, 0.4) is 0 Å². The van der Waals surface area contributed by atoms with Gasteiger partial charge in [-0.05, 0) is 26.8 Å². The number of nitrogens with two attached hydrogens (primary N) is 1. The Morgan fingerprint density at radius 3 is 2.74 bits per heavy atom. The van der Waals surface area contributed by atoms with Crippen LogP contribution in [0.1, 0.15) is 32.6 Å². The van der Waals surface area contributed by atoms with Crippen LogP contribution in [0.4, 0.5) is 10.2 Å². The fraction of sp³-hybridized carbons (Fsp3) is 0.412. The van der Waals surface area contributed by atoms with E-state index in [-0.39, 0.29) is 6.04 Å². The molecule has 1 atom stereocenters. The number of benzene rings is 1. The summed E-state index contributed by atoms with van der Waals surface area (Å²) in [5.41, 5.74) is 8.82. The summed E-state index contributed by atoms with van der Waals surface area (Å²) in [4.78, 5) is 9.04. The third kappa shape index (κ3) is 2.86. The van der Waals surface area contributed by atoms with Gasteiger partial charge in [-0.3, -0.25) is 0 Å². The van der Waals surface area contributed by atoms with Crippen LogP contribution >= 0.6 is 0 Å². The molecule has 0 fully saturated rings. The zero-order valence-corrected chi connectivity index (χ0v) is 13.6. The SMILES string of the molecule is CC(C)F.CC1COCc2nc3c(N)nc4ccccc4c3n21. The molecule has 5 nitrogen and oxygen atoms in total. The number of anilines is 1. The summed E-state index contributed by atoms with van der Waals surface area (Å²) < 4.78 is 18.8. The third-order valence-electron chi connectivity index (χ3n) is 3.66. The minimum Gasteiger partial charge on any atom is -0.382 e. The molecular formula is C17H21FN4O. The maximum absolute atomic E-state index is 11.0. The monoisotopic (exact) mass is 316 g/mol. The fourth-order valence-corrected chi connectivity index (χ4v) is 2.84. The Morgan fingerprint density at radius 2 is 2.00 bits per heavy atom. The maximum atomic E-state index is 11.0. The molecule has 0 saturated carbocycles. The lowest BCUT2D eigenvalue weighted by molar-refractivity contribution is 0.0622. The Balaban J connectivity index is 0.000000354. The number of ether oxygens (including phenoxy) is 1. The predicted octanol–water partition coefficient (Wildman–Crippen LogP) is 3.62. The Bertz CT molecular complexity index is 841. The molecular weight excluding hydrogens is 295 g/mol. The maximum Gasteiger partial charge on any atom is 0.152 e. The highest BCUT2D eigenvalue weighted by Gasteiger charge is 2.23. The number of nitrogens with zero attached hydrogens (tertiary/aromatic N) is 3. The predicted molar refractivity (Wildman–Crippen MR) is 90.1 cm³/mol. The first-order chi connectivity index (χ1) is 11.0. The van der Waals surface area contributed by atoms with Gasteiger partial charge in [-0.1, -0.05) is 18.2 Å². The van der Waals surface area contributed by atoms with Crippen molar-refractivity contribution in [3.8, 4) is 0 Å². The molecule has 23 heavy (non-hydrogen) atoms. The largest absolute Gasteiger partial charge is 0.382 e. The van der Waals surface area contributed by atoms with E-state index >= 15 is 0 Å². The van der Waals surface area contributed by atoms with Crippen molar-refractivity contribution in [1.29, 1.82) is 0 Å². The molecule has 1 unspecified atom stereocenters. The number of para-hydroxylation sites is 1. The smallest absolute Gasteiger partial charge is 0.152 e. The first kappa shape index (κ1) is 15.7. The van der Waals surface area contributed by atoms with Crippen LogP contribution in [0.25, 0.3) is 21.9 Å². The number of aromatic nitrogens is 3. The average molecular weight is 316 g/mol. The number of nitrogen functional groups attached to an aromatic ring is 1. The molecule has 0 bridgehead atoms. The lowest BCUT2D eigenvalue weighted by atomic mass is 10.1. The third-order valence-corrected chi connectivity index (χ3v) is 3.66. The zero-order valence-electron chi connectivity index (χ0n) is 13.6. The van der Waals surface area contributed by atoms with Gasteiger partial charge in [0.15, 0.2) is 5.82 Å². The van der Waals surface area contributed by atoms with E-state index in [4.69, 9.17) is 10.5 Å². The van der Waals surface area contributed by atoms with Crippen molar-refractivity contribution < 1.29 is 9.13 Å². The molecule has 2 aromatic heterocycles. The second-order valence-electron chi connectivity index (χ2n) is 5.99. The van der Waals surface area contributed by atoms with Crippen LogP contribution in [-0.2, 0) is 11.3 Å². The number of halogens is 1. The van der Waals surface area contributed by atoms with E-state index in [0.717, 1.165) is 27.8 Å². The van der Waals surface area contributed by atoms with Crippen molar-refractivity contribution in [2.24, 2.45) is 0 Å². The van der Waals surface area contributed by atoms with E-state index in [2.05, 4.69) is 27.5 Å². The Hall–Kier alpha value is -2.21. The molecule has 0 radical (unpaired) electrons. The number of fused-ring (bicyclic) bond motifs is 5. The average Bonchev–Trinajstić information content (AvgIpc) is 2.88. The first-order valence-electron chi connectivity index (χ1n) is 7.76. The van der Waals surface area contributed by atoms with Gasteiger partial charge in [0.25, 0.3) is 0 Å². The standard InChI is InChI=1S/C14H14N4O.C3H7F/c1-8-6-19-7-11-17-12-13(18(8)11)9-4-2-3-5-10(9)16-14(12)15;1-3(2)4/h2-5,8H,6-7H2,1H3,(H2,15,16);3H,1-2H3. The lowest BCUT2D eigenvalue weighted by Crippen LogP contribution is -2.21. The summed E-state index contributed by atoms with van der Waals surface area (Å²) >= 11 is 0. The molecule has 0 amide bonds. The van der Waals surface area contributed by atoms with Crippen molar-refractivity contribution in [2.75, 3.05) is 12.3 Å². The Kier molecular flexibility index (Phi) is 4.17. The van der Waals surface area contributed by atoms with Crippen LogP contribution in [-0.4, -0.2) is 27.3 Å². The highest BCUT2D eigenvalue weighted by Crippen LogP contribution is 2.32. The molecule has 3 heterocycles. The second-order valence-corrected chi connectivity index (χ2v) is 5.99. The Morgan fingerprint density at radius 1 is 1.30 bits per heavy atom. The number of hydrogen-bond donors (Lipinski definition) is 1. The molecule has 1 aromatic carbocycles. The van der Waals surface area contributed by atoms with E-state index in [9.17, 15) is 4.39 Å². The van der Waals surface area contributed by atoms with Crippen molar-refractivity contribution in [3.05, 3.63) is 30.1 Å². The molecule has 0 saturated heterocycles. The molecule has 3 aromatic rings. The van der Waals surface area contributed by atoms with Crippen molar-refractivity contribution in [1.82, 2.24) is 14.5 Å². The fourth-order valence-electron chi connectivity index (χ4n) is 2.84. The van der Waals surface area contributed by atoms with Crippen molar-refractivity contribution >= 4 is 27.8 Å². The van der Waals surface area contributed by atoms with Gasteiger partial charge in [0.1, 0.15) is 17.9 Å². The Labute approximate surface area is 134 Å². The minimum absolute atomic E-state index is 0.263. The zero-order chi connectivity index (χ0) is 16.6. The van der Waals surface area contributed by atoms with Gasteiger partial charge in [-0.15, -0.1) is 0 Å². The van der Waals surface area contributed by atoms with E-state index < -0.39 is 6.17 Å². The normalized spacial score (nSPS) is 17.2. The molecule has 2 N–H and O–H groups in total. The summed E-state index contributed by atoms with van der Waals surface area (Å²) in [5.74, 6) is 1.42. The lowest BCUT2D eigenvalue weighted by Gasteiger charge is -2.23. The van der Waals surface area contributed by atoms with Gasteiger partial charge in [-0.2, -0.15) is 0 Å². The van der Waals surface area contributed by atoms with Gasteiger partial charge in [0.05, 0.1) is 29.9 Å². The number of rotatable bonds is 0. The quantitative estimate of drug-likeness (QED) is 0.688. The molecule has 4 rings (SSSR count). The highest BCUT2D eigenvalue weighted by molar-refractivity contribution is 6.06. The molecule has 0 spiro atoms. The molecule has 0 aliphatic carbocycles. The number of pyridine rings is 1.